The molecule has 0 bridgehead atoms. The van der Waals surface area contributed by atoms with E-state index in [4.69, 9.17) is 4.74 Å². The molecule has 0 spiro atoms. The highest BCUT2D eigenvalue weighted by Gasteiger charge is 2.20. The minimum absolute atomic E-state index is 0.0874. The van der Waals surface area contributed by atoms with Crippen LogP contribution in [0.1, 0.15) is 24.1 Å². The first kappa shape index (κ1) is 16.9. The maximum atomic E-state index is 12.2. The van der Waals surface area contributed by atoms with Crippen molar-refractivity contribution in [3.8, 4) is 10.6 Å². The molecule has 5 nitrogen and oxygen atoms in total. The first-order valence-corrected chi connectivity index (χ1v) is 9.12. The van der Waals surface area contributed by atoms with E-state index in [0.29, 0.717) is 13.1 Å². The number of nitrogens with zero attached hydrogens (tertiary/aromatic N) is 2. The molecule has 6 heteroatoms. The molecule has 0 saturated carbocycles. The standard InChI is InChI=1S/C18H23N3O2S/c1-13-5-3-6-14(9-13)17-20-15(12-24-17)10-19-18(22)21(2)11-16-7-4-8-23-16/h3,5-6,9,12,16H,4,7-8,10-11H2,1-2H3,(H,19,22)/t16-/m0/s1. The molecule has 0 unspecified atom stereocenters. The molecule has 2 amide bonds. The Bertz CT molecular complexity index is 695. The summed E-state index contributed by atoms with van der Waals surface area (Å²) in [5.74, 6) is 0. The Morgan fingerprint density at radius 2 is 2.38 bits per heavy atom. The van der Waals surface area contributed by atoms with E-state index in [0.717, 1.165) is 35.7 Å². The number of hydrogen-bond donors (Lipinski definition) is 1. The van der Waals surface area contributed by atoms with E-state index < -0.39 is 0 Å². The molecule has 1 fully saturated rings. The predicted octanol–water partition coefficient (Wildman–Crippen LogP) is 3.44. The summed E-state index contributed by atoms with van der Waals surface area (Å²) in [6, 6.07) is 8.20. The Balaban J connectivity index is 1.52. The van der Waals surface area contributed by atoms with E-state index in [2.05, 4.69) is 35.4 Å². The lowest BCUT2D eigenvalue weighted by Crippen LogP contribution is -2.40. The molecule has 1 atom stereocenters. The molecule has 128 valence electrons. The summed E-state index contributed by atoms with van der Waals surface area (Å²) in [6.45, 7) is 3.96. The average Bonchev–Trinajstić information content (AvgIpc) is 3.24. The maximum Gasteiger partial charge on any atom is 0.317 e. The Kier molecular flexibility index (Phi) is 5.48. The van der Waals surface area contributed by atoms with Crippen LogP contribution in [0.5, 0.6) is 0 Å². The number of thiazole rings is 1. The van der Waals surface area contributed by atoms with E-state index >= 15 is 0 Å². The van der Waals surface area contributed by atoms with Crippen molar-refractivity contribution in [2.75, 3.05) is 20.2 Å². The number of carbonyl (C=O) groups is 1. The molecule has 24 heavy (non-hydrogen) atoms. The molecule has 1 saturated heterocycles. The lowest BCUT2D eigenvalue weighted by Gasteiger charge is -2.20. The van der Waals surface area contributed by atoms with Gasteiger partial charge in [-0.2, -0.15) is 0 Å². The van der Waals surface area contributed by atoms with E-state index in [1.165, 1.54) is 5.56 Å². The number of hydrogen-bond acceptors (Lipinski definition) is 4. The molecule has 0 aliphatic carbocycles. The van der Waals surface area contributed by atoms with Crippen LogP contribution < -0.4 is 5.32 Å². The van der Waals surface area contributed by atoms with Gasteiger partial charge in [0.05, 0.1) is 18.3 Å². The number of aryl methyl sites for hydroxylation is 1. The minimum atomic E-state index is -0.0874. The van der Waals surface area contributed by atoms with Gasteiger partial charge in [0.15, 0.2) is 0 Å². The van der Waals surface area contributed by atoms with Gasteiger partial charge in [-0.3, -0.25) is 0 Å². The fourth-order valence-electron chi connectivity index (χ4n) is 2.78. The number of urea groups is 1. The van der Waals surface area contributed by atoms with E-state index in [1.807, 2.05) is 11.4 Å². The number of aromatic nitrogens is 1. The van der Waals surface area contributed by atoms with Gasteiger partial charge in [0.2, 0.25) is 0 Å². The van der Waals surface area contributed by atoms with Crippen molar-refractivity contribution >= 4 is 17.4 Å². The molecule has 1 aliphatic heterocycles. The monoisotopic (exact) mass is 345 g/mol. The number of amides is 2. The van der Waals surface area contributed by atoms with Gasteiger partial charge in [-0.25, -0.2) is 9.78 Å². The van der Waals surface area contributed by atoms with Gasteiger partial charge in [-0.1, -0.05) is 23.8 Å². The number of benzene rings is 1. The average molecular weight is 345 g/mol. The fraction of sp³-hybridized carbons (Fsp3) is 0.444. The molecule has 1 aliphatic rings. The highest BCUT2D eigenvalue weighted by Crippen LogP contribution is 2.24. The summed E-state index contributed by atoms with van der Waals surface area (Å²) in [4.78, 5) is 18.5. The third-order valence-electron chi connectivity index (χ3n) is 4.09. The summed E-state index contributed by atoms with van der Waals surface area (Å²) in [5.41, 5.74) is 3.22. The van der Waals surface area contributed by atoms with Gasteiger partial charge in [-0.05, 0) is 25.8 Å². The Morgan fingerprint density at radius 1 is 1.50 bits per heavy atom. The number of ether oxygens (including phenoxy) is 1. The van der Waals surface area contributed by atoms with Crippen LogP contribution in [-0.2, 0) is 11.3 Å². The lowest BCUT2D eigenvalue weighted by atomic mass is 10.1. The van der Waals surface area contributed by atoms with Crippen molar-refractivity contribution in [3.05, 3.63) is 40.9 Å². The first-order valence-electron chi connectivity index (χ1n) is 8.24. The summed E-state index contributed by atoms with van der Waals surface area (Å²) in [6.07, 6.45) is 2.29. The van der Waals surface area contributed by atoms with Gasteiger partial charge < -0.3 is 15.0 Å². The highest BCUT2D eigenvalue weighted by atomic mass is 32.1. The molecule has 2 heterocycles. The third-order valence-corrected chi connectivity index (χ3v) is 5.03. The van der Waals surface area contributed by atoms with Crippen molar-refractivity contribution < 1.29 is 9.53 Å². The van der Waals surface area contributed by atoms with Crippen LogP contribution in [0.4, 0.5) is 4.79 Å². The zero-order valence-electron chi connectivity index (χ0n) is 14.1. The zero-order chi connectivity index (χ0) is 16.9. The molecule has 1 aromatic carbocycles. The summed E-state index contributed by atoms with van der Waals surface area (Å²) >= 11 is 1.60. The van der Waals surface area contributed by atoms with Crippen molar-refractivity contribution in [2.24, 2.45) is 0 Å². The van der Waals surface area contributed by atoms with Crippen molar-refractivity contribution in [2.45, 2.75) is 32.4 Å². The van der Waals surface area contributed by atoms with Crippen molar-refractivity contribution in [1.29, 1.82) is 0 Å². The summed E-state index contributed by atoms with van der Waals surface area (Å²) < 4.78 is 5.57. The SMILES string of the molecule is Cc1cccc(-c2nc(CNC(=O)N(C)C[C@@H]3CCCO3)cs2)c1. The zero-order valence-corrected chi connectivity index (χ0v) is 14.9. The largest absolute Gasteiger partial charge is 0.376 e. The molecule has 1 aromatic heterocycles. The van der Waals surface area contributed by atoms with Gasteiger partial charge in [0.25, 0.3) is 0 Å². The second kappa shape index (κ2) is 7.77. The van der Waals surface area contributed by atoms with E-state index in [-0.39, 0.29) is 12.1 Å². The van der Waals surface area contributed by atoms with Crippen molar-refractivity contribution in [1.82, 2.24) is 15.2 Å². The Hall–Kier alpha value is -1.92. The van der Waals surface area contributed by atoms with Gasteiger partial charge in [0.1, 0.15) is 5.01 Å². The predicted molar refractivity (Wildman–Crippen MR) is 96.1 cm³/mol. The summed E-state index contributed by atoms with van der Waals surface area (Å²) in [7, 11) is 1.80. The smallest absolute Gasteiger partial charge is 0.317 e. The minimum Gasteiger partial charge on any atom is -0.376 e. The number of rotatable bonds is 5. The molecule has 3 rings (SSSR count). The summed E-state index contributed by atoms with van der Waals surface area (Å²) in [5, 5.41) is 5.90. The topological polar surface area (TPSA) is 54.5 Å². The Morgan fingerprint density at radius 3 is 3.12 bits per heavy atom. The van der Waals surface area contributed by atoms with Crippen LogP contribution in [0.2, 0.25) is 0 Å². The van der Waals surface area contributed by atoms with Gasteiger partial charge in [-0.15, -0.1) is 11.3 Å². The molecule has 0 radical (unpaired) electrons. The molecule has 1 N–H and O–H groups in total. The van der Waals surface area contributed by atoms with Gasteiger partial charge >= 0.3 is 6.03 Å². The first-order chi connectivity index (χ1) is 11.6. The lowest BCUT2D eigenvalue weighted by molar-refractivity contribution is 0.0874. The van der Waals surface area contributed by atoms with E-state index in [9.17, 15) is 4.79 Å². The van der Waals surface area contributed by atoms with Crippen LogP contribution >= 0.6 is 11.3 Å². The molecular formula is C18H23N3O2S. The van der Waals surface area contributed by atoms with Crippen molar-refractivity contribution in [3.63, 3.8) is 0 Å². The fourth-order valence-corrected chi connectivity index (χ4v) is 3.59. The van der Waals surface area contributed by atoms with E-state index in [1.54, 1.807) is 23.3 Å². The maximum absolute atomic E-state index is 12.2. The quantitative estimate of drug-likeness (QED) is 0.903. The molecule has 2 aromatic rings. The van der Waals surface area contributed by atoms with Crippen LogP contribution in [-0.4, -0.2) is 42.2 Å². The number of likely N-dealkylation sites (N-methyl/N-ethyl adjacent to an activating group) is 1. The second-order valence-corrected chi connectivity index (χ2v) is 7.05. The normalized spacial score (nSPS) is 17.0. The second-order valence-electron chi connectivity index (χ2n) is 6.19. The third kappa shape index (κ3) is 4.33. The van der Waals surface area contributed by atoms with Crippen LogP contribution in [0.3, 0.4) is 0 Å². The molecular weight excluding hydrogens is 322 g/mol. The number of nitrogens with one attached hydrogen (secondary N) is 1. The Labute approximate surface area is 146 Å². The van der Waals surface area contributed by atoms with Crippen LogP contribution in [0.15, 0.2) is 29.6 Å². The van der Waals surface area contributed by atoms with Crippen LogP contribution in [0, 0.1) is 6.92 Å². The highest BCUT2D eigenvalue weighted by molar-refractivity contribution is 7.13. The number of carbonyl (C=O) groups excluding carboxylic acids is 1. The van der Waals surface area contributed by atoms with Crippen LogP contribution in [0.25, 0.3) is 10.6 Å². The van der Waals surface area contributed by atoms with Gasteiger partial charge in [0, 0.05) is 31.1 Å².